The van der Waals surface area contributed by atoms with E-state index in [0.717, 1.165) is 25.3 Å². The van der Waals surface area contributed by atoms with Crippen molar-refractivity contribution in [1.29, 1.82) is 0 Å². The predicted molar refractivity (Wildman–Crippen MR) is 71.9 cm³/mol. The van der Waals surface area contributed by atoms with Crippen molar-refractivity contribution >= 4 is 11.8 Å². The number of aromatic nitrogens is 2. The second-order valence-corrected chi connectivity index (χ2v) is 4.83. The van der Waals surface area contributed by atoms with Crippen LogP contribution < -0.4 is 15.4 Å². The highest BCUT2D eigenvalue weighted by Gasteiger charge is 2.23. The first-order valence-corrected chi connectivity index (χ1v) is 6.20. The Morgan fingerprint density at radius 3 is 2.89 bits per heavy atom. The van der Waals surface area contributed by atoms with Gasteiger partial charge in [0.05, 0.1) is 7.11 Å². The Labute approximate surface area is 108 Å². The summed E-state index contributed by atoms with van der Waals surface area (Å²) in [7, 11) is 5.82. The van der Waals surface area contributed by atoms with E-state index in [1.165, 1.54) is 6.42 Å². The van der Waals surface area contributed by atoms with E-state index in [9.17, 15) is 0 Å². The Morgan fingerprint density at radius 2 is 2.22 bits per heavy atom. The average Bonchev–Trinajstić information content (AvgIpc) is 2.38. The smallest absolute Gasteiger partial charge is 0.225 e. The van der Waals surface area contributed by atoms with Crippen LogP contribution in [-0.4, -0.2) is 55.2 Å². The molecule has 1 aromatic heterocycles. The number of hydrogen-bond donors (Lipinski definition) is 1. The fourth-order valence-corrected chi connectivity index (χ4v) is 2.28. The second kappa shape index (κ2) is 5.39. The molecule has 18 heavy (non-hydrogen) atoms. The summed E-state index contributed by atoms with van der Waals surface area (Å²) in [6.07, 6.45) is 2.39. The molecule has 0 aromatic carbocycles. The Bertz CT molecular complexity index is 409. The van der Waals surface area contributed by atoms with E-state index in [0.29, 0.717) is 11.9 Å². The van der Waals surface area contributed by atoms with Gasteiger partial charge in [-0.15, -0.1) is 0 Å². The molecule has 1 unspecified atom stereocenters. The van der Waals surface area contributed by atoms with Gasteiger partial charge in [0.2, 0.25) is 11.8 Å². The SMILES string of the molecule is COc1cc(N2CCCC(N(C)C)C2)nc(N)n1. The second-order valence-electron chi connectivity index (χ2n) is 4.83. The minimum Gasteiger partial charge on any atom is -0.481 e. The molecule has 0 amide bonds. The van der Waals surface area contributed by atoms with Gasteiger partial charge in [-0.3, -0.25) is 0 Å². The zero-order valence-electron chi connectivity index (χ0n) is 11.3. The molecule has 0 saturated carbocycles. The highest BCUT2D eigenvalue weighted by molar-refractivity contribution is 5.46. The molecule has 1 aliphatic rings. The van der Waals surface area contributed by atoms with E-state index in [1.54, 1.807) is 7.11 Å². The van der Waals surface area contributed by atoms with Crippen LogP contribution >= 0.6 is 0 Å². The van der Waals surface area contributed by atoms with Gasteiger partial charge in [-0.05, 0) is 26.9 Å². The lowest BCUT2D eigenvalue weighted by atomic mass is 10.1. The fourth-order valence-electron chi connectivity index (χ4n) is 2.28. The highest BCUT2D eigenvalue weighted by Crippen LogP contribution is 2.23. The van der Waals surface area contributed by atoms with E-state index in [4.69, 9.17) is 10.5 Å². The standard InChI is InChI=1S/C12H21N5O/c1-16(2)9-5-4-6-17(8-9)10-7-11(18-3)15-12(13)14-10/h7,9H,4-6,8H2,1-3H3,(H2,13,14,15). The number of anilines is 2. The molecule has 1 saturated heterocycles. The molecule has 0 spiro atoms. The van der Waals surface area contributed by atoms with Crippen molar-refractivity contribution in [3.63, 3.8) is 0 Å². The molecule has 6 nitrogen and oxygen atoms in total. The zero-order valence-corrected chi connectivity index (χ0v) is 11.3. The Hall–Kier alpha value is -1.56. The van der Waals surface area contributed by atoms with Crippen LogP contribution in [-0.2, 0) is 0 Å². The van der Waals surface area contributed by atoms with Gasteiger partial charge >= 0.3 is 0 Å². The van der Waals surface area contributed by atoms with E-state index in [1.807, 2.05) is 6.07 Å². The third-order valence-electron chi connectivity index (χ3n) is 3.37. The number of ether oxygens (including phenoxy) is 1. The van der Waals surface area contributed by atoms with Crippen LogP contribution in [0.4, 0.5) is 11.8 Å². The van der Waals surface area contributed by atoms with Crippen molar-refractivity contribution < 1.29 is 4.74 Å². The number of hydrogen-bond acceptors (Lipinski definition) is 6. The molecule has 2 N–H and O–H groups in total. The molecule has 1 atom stereocenters. The fraction of sp³-hybridized carbons (Fsp3) is 0.667. The van der Waals surface area contributed by atoms with Crippen molar-refractivity contribution in [3.05, 3.63) is 6.07 Å². The molecule has 0 radical (unpaired) electrons. The topological polar surface area (TPSA) is 67.5 Å². The monoisotopic (exact) mass is 251 g/mol. The molecular formula is C12H21N5O. The Kier molecular flexibility index (Phi) is 3.86. The van der Waals surface area contributed by atoms with Gasteiger partial charge in [-0.2, -0.15) is 9.97 Å². The quantitative estimate of drug-likeness (QED) is 0.848. The molecule has 2 heterocycles. The largest absolute Gasteiger partial charge is 0.481 e. The summed E-state index contributed by atoms with van der Waals surface area (Å²) < 4.78 is 5.13. The molecule has 2 rings (SSSR count). The number of likely N-dealkylation sites (N-methyl/N-ethyl adjacent to an activating group) is 1. The maximum atomic E-state index is 5.70. The van der Waals surface area contributed by atoms with Gasteiger partial charge in [-0.1, -0.05) is 0 Å². The molecule has 0 aliphatic carbocycles. The summed E-state index contributed by atoms with van der Waals surface area (Å²) in [4.78, 5) is 12.8. The summed E-state index contributed by atoms with van der Waals surface area (Å²) in [5, 5.41) is 0. The summed E-state index contributed by atoms with van der Waals surface area (Å²) in [6, 6.07) is 2.40. The maximum absolute atomic E-state index is 5.70. The highest BCUT2D eigenvalue weighted by atomic mass is 16.5. The molecule has 1 aromatic rings. The zero-order chi connectivity index (χ0) is 13.1. The normalized spacial score (nSPS) is 20.2. The van der Waals surface area contributed by atoms with Crippen molar-refractivity contribution in [2.45, 2.75) is 18.9 Å². The van der Waals surface area contributed by atoms with Crippen molar-refractivity contribution in [2.24, 2.45) is 0 Å². The minimum atomic E-state index is 0.260. The molecular weight excluding hydrogens is 230 g/mol. The number of piperidine rings is 1. The summed E-state index contributed by atoms with van der Waals surface area (Å²) in [5.74, 6) is 1.63. The number of methoxy groups -OCH3 is 1. The number of rotatable bonds is 3. The lowest BCUT2D eigenvalue weighted by Crippen LogP contribution is -2.45. The van der Waals surface area contributed by atoms with E-state index in [-0.39, 0.29) is 5.95 Å². The molecule has 0 bridgehead atoms. The number of nitrogen functional groups attached to an aromatic ring is 1. The van der Waals surface area contributed by atoms with Crippen LogP contribution in [0, 0.1) is 0 Å². The number of nitrogens with two attached hydrogens (primary N) is 1. The summed E-state index contributed by atoms with van der Waals surface area (Å²) in [5.41, 5.74) is 5.70. The molecule has 1 aliphatic heterocycles. The first-order valence-electron chi connectivity index (χ1n) is 6.20. The first kappa shape index (κ1) is 12.9. The van der Waals surface area contributed by atoms with Gasteiger partial charge in [-0.25, -0.2) is 0 Å². The van der Waals surface area contributed by atoms with Gasteiger partial charge in [0, 0.05) is 25.2 Å². The van der Waals surface area contributed by atoms with Crippen molar-refractivity contribution in [2.75, 3.05) is 44.9 Å². The number of nitrogens with zero attached hydrogens (tertiary/aromatic N) is 4. The third-order valence-corrected chi connectivity index (χ3v) is 3.37. The van der Waals surface area contributed by atoms with Crippen molar-refractivity contribution in [1.82, 2.24) is 14.9 Å². The average molecular weight is 251 g/mol. The Balaban J connectivity index is 2.17. The van der Waals surface area contributed by atoms with E-state index < -0.39 is 0 Å². The van der Waals surface area contributed by atoms with E-state index in [2.05, 4.69) is 33.9 Å². The summed E-state index contributed by atoms with van der Waals surface area (Å²) in [6.45, 7) is 1.97. The van der Waals surface area contributed by atoms with Crippen LogP contribution in [0.5, 0.6) is 5.88 Å². The van der Waals surface area contributed by atoms with Gasteiger partial charge < -0.3 is 20.3 Å². The third kappa shape index (κ3) is 2.81. The van der Waals surface area contributed by atoms with Gasteiger partial charge in [0.1, 0.15) is 5.82 Å². The molecule has 6 heteroatoms. The summed E-state index contributed by atoms with van der Waals surface area (Å²) >= 11 is 0. The van der Waals surface area contributed by atoms with E-state index >= 15 is 0 Å². The Morgan fingerprint density at radius 1 is 1.44 bits per heavy atom. The lowest BCUT2D eigenvalue weighted by Gasteiger charge is -2.36. The van der Waals surface area contributed by atoms with Crippen LogP contribution in [0.3, 0.4) is 0 Å². The lowest BCUT2D eigenvalue weighted by molar-refractivity contribution is 0.257. The molecule has 100 valence electrons. The van der Waals surface area contributed by atoms with Crippen LogP contribution in [0.1, 0.15) is 12.8 Å². The van der Waals surface area contributed by atoms with Crippen LogP contribution in [0.2, 0.25) is 0 Å². The maximum Gasteiger partial charge on any atom is 0.225 e. The van der Waals surface area contributed by atoms with Crippen LogP contribution in [0.15, 0.2) is 6.07 Å². The first-order chi connectivity index (χ1) is 8.60. The predicted octanol–water partition coefficient (Wildman–Crippen LogP) is 0.598. The molecule has 1 fully saturated rings. The van der Waals surface area contributed by atoms with Gasteiger partial charge in [0.25, 0.3) is 0 Å². The minimum absolute atomic E-state index is 0.260. The van der Waals surface area contributed by atoms with Gasteiger partial charge in [0.15, 0.2) is 0 Å². The van der Waals surface area contributed by atoms with Crippen LogP contribution in [0.25, 0.3) is 0 Å². The van der Waals surface area contributed by atoms with Crippen molar-refractivity contribution in [3.8, 4) is 5.88 Å².